The van der Waals surface area contributed by atoms with E-state index in [4.69, 9.17) is 5.11 Å². The van der Waals surface area contributed by atoms with Gasteiger partial charge in [0.15, 0.2) is 0 Å². The van der Waals surface area contributed by atoms with E-state index in [1.54, 1.807) is 17.4 Å². The summed E-state index contributed by atoms with van der Waals surface area (Å²) in [7, 11) is 0. The molecule has 0 radical (unpaired) electrons. The number of pyridine rings is 1. The van der Waals surface area contributed by atoms with Gasteiger partial charge in [0.2, 0.25) is 0 Å². The van der Waals surface area contributed by atoms with Crippen LogP contribution in [-0.4, -0.2) is 16.1 Å². The predicted molar refractivity (Wildman–Crippen MR) is 62.1 cm³/mol. The largest absolute Gasteiger partial charge is 0.477 e. The molecule has 2 N–H and O–H groups in total. The van der Waals surface area contributed by atoms with Crippen LogP contribution in [0.25, 0.3) is 11.3 Å². The lowest BCUT2D eigenvalue weighted by atomic mass is 10.2. The fourth-order valence-corrected chi connectivity index (χ4v) is 2.10. The van der Waals surface area contributed by atoms with Crippen LogP contribution in [0.3, 0.4) is 0 Å². The van der Waals surface area contributed by atoms with Crippen LogP contribution >= 0.6 is 11.3 Å². The molecule has 82 valence electrons. The number of aryl methyl sites for hydroxylation is 1. The summed E-state index contributed by atoms with van der Waals surface area (Å²) in [5.41, 5.74) is 0.723. The first-order valence-corrected chi connectivity index (χ1v) is 5.48. The zero-order chi connectivity index (χ0) is 11.7. The Morgan fingerprint density at radius 2 is 2.19 bits per heavy atom. The van der Waals surface area contributed by atoms with E-state index < -0.39 is 11.5 Å². The van der Waals surface area contributed by atoms with Crippen molar-refractivity contribution >= 4 is 17.3 Å². The van der Waals surface area contributed by atoms with Crippen LogP contribution in [0.5, 0.6) is 0 Å². The fourth-order valence-electron chi connectivity index (χ4n) is 1.40. The molecule has 0 atom stereocenters. The lowest BCUT2D eigenvalue weighted by Crippen LogP contribution is -2.17. The number of aromatic amines is 1. The highest BCUT2D eigenvalue weighted by molar-refractivity contribution is 7.10. The molecular weight excluding hydrogens is 226 g/mol. The van der Waals surface area contributed by atoms with Crippen molar-refractivity contribution in [1.29, 1.82) is 0 Å². The molecule has 0 saturated carbocycles. The molecule has 0 fully saturated rings. The van der Waals surface area contributed by atoms with Gasteiger partial charge in [-0.25, -0.2) is 4.79 Å². The van der Waals surface area contributed by atoms with Crippen LogP contribution in [0.1, 0.15) is 15.2 Å². The minimum Gasteiger partial charge on any atom is -0.477 e. The second kappa shape index (κ2) is 3.94. The summed E-state index contributed by atoms with van der Waals surface area (Å²) in [5, 5.41) is 10.6. The van der Waals surface area contributed by atoms with Gasteiger partial charge in [-0.05, 0) is 25.1 Å². The number of rotatable bonds is 2. The molecular formula is C11H9NO3S. The molecule has 0 spiro atoms. The average molecular weight is 235 g/mol. The van der Waals surface area contributed by atoms with Gasteiger partial charge in [0, 0.05) is 21.5 Å². The number of hydrogen-bond donors (Lipinski definition) is 2. The van der Waals surface area contributed by atoms with Gasteiger partial charge < -0.3 is 10.1 Å². The van der Waals surface area contributed by atoms with Gasteiger partial charge in [-0.15, -0.1) is 11.3 Å². The van der Waals surface area contributed by atoms with Crippen molar-refractivity contribution in [3.63, 3.8) is 0 Å². The van der Waals surface area contributed by atoms with Crippen LogP contribution in [0.15, 0.2) is 28.4 Å². The molecule has 0 unspecified atom stereocenters. The summed E-state index contributed by atoms with van der Waals surface area (Å²) in [5.74, 6) is -1.21. The Balaban J connectivity index is 2.50. The smallest absolute Gasteiger partial charge is 0.341 e. The summed E-state index contributed by atoms with van der Waals surface area (Å²) < 4.78 is 0. The van der Waals surface area contributed by atoms with Crippen molar-refractivity contribution in [3.8, 4) is 11.3 Å². The van der Waals surface area contributed by atoms with Crippen molar-refractivity contribution in [2.45, 2.75) is 6.92 Å². The minimum atomic E-state index is -1.21. The van der Waals surface area contributed by atoms with E-state index in [9.17, 15) is 9.59 Å². The minimum absolute atomic E-state index is 0.240. The van der Waals surface area contributed by atoms with Gasteiger partial charge in [-0.1, -0.05) is 0 Å². The second-order valence-corrected chi connectivity index (χ2v) is 4.48. The first kappa shape index (κ1) is 10.6. The number of thiophene rings is 1. The monoisotopic (exact) mass is 235 g/mol. The topological polar surface area (TPSA) is 70.2 Å². The summed E-state index contributed by atoms with van der Waals surface area (Å²) in [6.07, 6.45) is 0. The first-order chi connectivity index (χ1) is 7.58. The summed E-state index contributed by atoms with van der Waals surface area (Å²) in [6.45, 7) is 1.97. The molecule has 0 saturated heterocycles. The van der Waals surface area contributed by atoms with Gasteiger partial charge in [0.25, 0.3) is 5.56 Å². The lowest BCUT2D eigenvalue weighted by molar-refractivity contribution is 0.0695. The number of nitrogens with one attached hydrogen (secondary N) is 1. The quantitative estimate of drug-likeness (QED) is 0.837. The molecule has 2 aromatic heterocycles. The number of H-pyrrole nitrogens is 1. The Hall–Kier alpha value is -1.88. The van der Waals surface area contributed by atoms with Crippen molar-refractivity contribution in [1.82, 2.24) is 4.98 Å². The SMILES string of the molecule is Cc1cc(-c2ccc(C(=O)O)c(=O)[nH]2)cs1. The molecule has 2 rings (SSSR count). The Bertz CT molecular complexity index is 597. The average Bonchev–Trinajstić information content (AvgIpc) is 2.64. The number of aromatic carboxylic acids is 1. The highest BCUT2D eigenvalue weighted by atomic mass is 32.1. The van der Waals surface area contributed by atoms with Gasteiger partial charge in [-0.3, -0.25) is 4.79 Å². The van der Waals surface area contributed by atoms with Crippen molar-refractivity contribution in [2.75, 3.05) is 0 Å². The maximum absolute atomic E-state index is 11.4. The maximum atomic E-state index is 11.4. The summed E-state index contributed by atoms with van der Waals surface area (Å²) >= 11 is 1.58. The number of aromatic nitrogens is 1. The fraction of sp³-hybridized carbons (Fsp3) is 0.0909. The van der Waals surface area contributed by atoms with E-state index in [-0.39, 0.29) is 5.56 Å². The zero-order valence-electron chi connectivity index (χ0n) is 8.48. The molecule has 0 aromatic carbocycles. The predicted octanol–water partition coefficient (Wildman–Crippen LogP) is 2.11. The third-order valence-electron chi connectivity index (χ3n) is 2.18. The van der Waals surface area contributed by atoms with Crippen molar-refractivity contribution in [3.05, 3.63) is 44.4 Å². The Morgan fingerprint density at radius 1 is 1.44 bits per heavy atom. The van der Waals surface area contributed by atoms with Crippen LogP contribution in [0.4, 0.5) is 0 Å². The number of hydrogen-bond acceptors (Lipinski definition) is 3. The first-order valence-electron chi connectivity index (χ1n) is 4.60. The number of carboxylic acid groups (broad SMARTS) is 1. The zero-order valence-corrected chi connectivity index (χ0v) is 9.30. The second-order valence-electron chi connectivity index (χ2n) is 3.37. The van der Waals surface area contributed by atoms with E-state index in [2.05, 4.69) is 4.98 Å². The van der Waals surface area contributed by atoms with Gasteiger partial charge in [0.1, 0.15) is 5.56 Å². The number of carboxylic acids is 1. The maximum Gasteiger partial charge on any atom is 0.341 e. The summed E-state index contributed by atoms with van der Waals surface area (Å²) in [4.78, 5) is 25.8. The van der Waals surface area contributed by atoms with Gasteiger partial charge >= 0.3 is 5.97 Å². The van der Waals surface area contributed by atoms with E-state index in [0.717, 1.165) is 10.4 Å². The molecule has 0 bridgehead atoms. The van der Waals surface area contributed by atoms with Crippen LogP contribution in [0, 0.1) is 6.92 Å². The van der Waals surface area contributed by atoms with Crippen molar-refractivity contribution in [2.24, 2.45) is 0 Å². The third kappa shape index (κ3) is 1.90. The van der Waals surface area contributed by atoms with E-state index in [1.807, 2.05) is 18.4 Å². The van der Waals surface area contributed by atoms with E-state index in [0.29, 0.717) is 5.69 Å². The van der Waals surface area contributed by atoms with Crippen molar-refractivity contribution < 1.29 is 9.90 Å². The van der Waals surface area contributed by atoms with Gasteiger partial charge in [-0.2, -0.15) is 0 Å². The molecule has 0 aliphatic rings. The Labute approximate surface area is 95.2 Å². The van der Waals surface area contributed by atoms with E-state index in [1.165, 1.54) is 6.07 Å². The molecule has 2 aromatic rings. The van der Waals surface area contributed by atoms with Crippen LogP contribution < -0.4 is 5.56 Å². The molecule has 0 aliphatic carbocycles. The normalized spacial score (nSPS) is 10.3. The lowest BCUT2D eigenvalue weighted by Gasteiger charge is -1.98. The third-order valence-corrected chi connectivity index (χ3v) is 3.04. The molecule has 0 aliphatic heterocycles. The summed E-state index contributed by atoms with van der Waals surface area (Å²) in [6, 6.07) is 4.87. The Kier molecular flexibility index (Phi) is 2.62. The Morgan fingerprint density at radius 3 is 2.69 bits per heavy atom. The molecule has 5 heteroatoms. The molecule has 16 heavy (non-hydrogen) atoms. The highest BCUT2D eigenvalue weighted by Gasteiger charge is 2.09. The van der Waals surface area contributed by atoms with Crippen LogP contribution in [-0.2, 0) is 0 Å². The van der Waals surface area contributed by atoms with Crippen LogP contribution in [0.2, 0.25) is 0 Å². The number of carbonyl (C=O) groups is 1. The van der Waals surface area contributed by atoms with E-state index >= 15 is 0 Å². The highest BCUT2D eigenvalue weighted by Crippen LogP contribution is 2.22. The standard InChI is InChI=1S/C11H9NO3S/c1-6-4-7(5-16-6)9-3-2-8(11(14)15)10(13)12-9/h2-5H,1H3,(H,12,13)(H,14,15). The van der Waals surface area contributed by atoms with Gasteiger partial charge in [0.05, 0.1) is 0 Å². The molecule has 2 heterocycles. The molecule has 0 amide bonds. The molecule has 4 nitrogen and oxygen atoms in total.